The molecule has 0 radical (unpaired) electrons. The standard InChI is InChI=1S/C12H8F5N3O2S/c13-7-4-2-1-3-6(7)9-5-8(14)10-18-11(19-20(9)10)23(21,22)12(15,16)17/h1-4,8-9H,5H2/t8-,9-/m0/s1. The van der Waals surface area contributed by atoms with Crippen molar-refractivity contribution in [3.63, 3.8) is 0 Å². The first kappa shape index (κ1) is 15.8. The molecular formula is C12H8F5N3O2S. The topological polar surface area (TPSA) is 64.8 Å². The third kappa shape index (κ3) is 2.38. The molecule has 0 bridgehead atoms. The van der Waals surface area contributed by atoms with Crippen LogP contribution in [0.4, 0.5) is 22.0 Å². The van der Waals surface area contributed by atoms with Crippen molar-refractivity contribution in [2.45, 2.75) is 29.3 Å². The molecule has 1 aromatic heterocycles. The molecule has 0 amide bonds. The molecular weight excluding hydrogens is 345 g/mol. The SMILES string of the molecule is O=S(=O)(c1nc2n(n1)[C@H](c1ccccc1F)C[C@@H]2F)C(F)(F)F. The van der Waals surface area contributed by atoms with Crippen molar-refractivity contribution in [1.82, 2.24) is 14.8 Å². The molecule has 0 aliphatic carbocycles. The Hall–Kier alpha value is -2.04. The van der Waals surface area contributed by atoms with Gasteiger partial charge >= 0.3 is 15.3 Å². The average Bonchev–Trinajstić information content (AvgIpc) is 3.00. The van der Waals surface area contributed by atoms with Crippen LogP contribution in [-0.2, 0) is 9.84 Å². The van der Waals surface area contributed by atoms with Gasteiger partial charge in [0.1, 0.15) is 5.82 Å². The number of benzene rings is 1. The first-order chi connectivity index (χ1) is 10.6. The maximum atomic E-state index is 14.0. The molecule has 1 aliphatic heterocycles. The number of rotatable bonds is 2. The molecule has 0 unspecified atom stereocenters. The van der Waals surface area contributed by atoms with Gasteiger partial charge in [0, 0.05) is 12.0 Å². The third-order valence-corrected chi connectivity index (χ3v) is 4.72. The quantitative estimate of drug-likeness (QED) is 0.779. The minimum Gasteiger partial charge on any atom is -0.239 e. The van der Waals surface area contributed by atoms with Crippen molar-refractivity contribution in [1.29, 1.82) is 0 Å². The van der Waals surface area contributed by atoms with Crippen molar-refractivity contribution in [3.05, 3.63) is 41.5 Å². The van der Waals surface area contributed by atoms with Gasteiger partial charge in [-0.05, 0) is 6.07 Å². The number of halogens is 5. The number of nitrogens with zero attached hydrogens (tertiary/aromatic N) is 3. The van der Waals surface area contributed by atoms with Crippen molar-refractivity contribution in [2.75, 3.05) is 0 Å². The minimum absolute atomic E-state index is 0.00485. The maximum Gasteiger partial charge on any atom is 0.505 e. The molecule has 0 fully saturated rings. The first-order valence-corrected chi connectivity index (χ1v) is 7.77. The second kappa shape index (κ2) is 4.98. The van der Waals surface area contributed by atoms with Crippen LogP contribution in [0.15, 0.2) is 29.4 Å². The second-order valence-corrected chi connectivity index (χ2v) is 6.72. The summed E-state index contributed by atoms with van der Waals surface area (Å²) in [5.41, 5.74) is -5.61. The number of sulfone groups is 1. The summed E-state index contributed by atoms with van der Waals surface area (Å²) in [6.07, 6.45) is -2.13. The lowest BCUT2D eigenvalue weighted by molar-refractivity contribution is -0.0440. The summed E-state index contributed by atoms with van der Waals surface area (Å²) in [5.74, 6) is -1.27. The number of alkyl halides is 4. The third-order valence-electron chi connectivity index (χ3n) is 3.45. The van der Waals surface area contributed by atoms with E-state index in [2.05, 4.69) is 10.1 Å². The molecule has 5 nitrogen and oxygen atoms in total. The molecule has 2 heterocycles. The molecule has 23 heavy (non-hydrogen) atoms. The fourth-order valence-electron chi connectivity index (χ4n) is 2.38. The molecule has 1 aliphatic rings. The van der Waals surface area contributed by atoms with Crippen molar-refractivity contribution in [2.24, 2.45) is 0 Å². The molecule has 0 saturated carbocycles. The van der Waals surface area contributed by atoms with E-state index in [4.69, 9.17) is 0 Å². The van der Waals surface area contributed by atoms with Crippen LogP contribution in [0, 0.1) is 5.82 Å². The van der Waals surface area contributed by atoms with Gasteiger partial charge < -0.3 is 0 Å². The zero-order chi connectivity index (χ0) is 17.0. The summed E-state index contributed by atoms with van der Waals surface area (Å²) in [5, 5.41) is 1.73. The molecule has 0 spiro atoms. The van der Waals surface area contributed by atoms with E-state index < -0.39 is 44.4 Å². The Balaban J connectivity index is 2.11. The van der Waals surface area contributed by atoms with E-state index in [-0.39, 0.29) is 12.0 Å². The van der Waals surface area contributed by atoms with Gasteiger partial charge in [-0.2, -0.15) is 18.2 Å². The van der Waals surface area contributed by atoms with Crippen LogP contribution >= 0.6 is 0 Å². The smallest absolute Gasteiger partial charge is 0.239 e. The highest BCUT2D eigenvalue weighted by molar-refractivity contribution is 7.92. The normalized spacial score (nSPS) is 21.4. The number of fused-ring (bicyclic) bond motifs is 1. The monoisotopic (exact) mass is 353 g/mol. The fraction of sp³-hybridized carbons (Fsp3) is 0.333. The van der Waals surface area contributed by atoms with Gasteiger partial charge in [-0.15, -0.1) is 5.10 Å². The largest absolute Gasteiger partial charge is 0.505 e. The average molecular weight is 353 g/mol. The Bertz CT molecular complexity index is 862. The van der Waals surface area contributed by atoms with Crippen molar-refractivity contribution >= 4 is 9.84 Å². The molecule has 11 heteroatoms. The van der Waals surface area contributed by atoms with Gasteiger partial charge in [-0.1, -0.05) is 18.2 Å². The minimum atomic E-state index is -5.80. The van der Waals surface area contributed by atoms with Crippen LogP contribution in [0.2, 0.25) is 0 Å². The molecule has 0 saturated heterocycles. The highest BCUT2D eigenvalue weighted by Crippen LogP contribution is 2.41. The highest BCUT2D eigenvalue weighted by atomic mass is 32.2. The van der Waals surface area contributed by atoms with E-state index in [0.717, 1.165) is 6.07 Å². The number of hydrogen-bond donors (Lipinski definition) is 0. The van der Waals surface area contributed by atoms with Crippen molar-refractivity contribution < 1.29 is 30.4 Å². The number of aromatic nitrogens is 3. The summed E-state index contributed by atoms with van der Waals surface area (Å²) in [6.45, 7) is 0. The zero-order valence-corrected chi connectivity index (χ0v) is 11.9. The van der Waals surface area contributed by atoms with E-state index in [9.17, 15) is 30.4 Å². The lowest BCUT2D eigenvalue weighted by atomic mass is 10.0. The van der Waals surface area contributed by atoms with Gasteiger partial charge in [0.25, 0.3) is 5.16 Å². The van der Waals surface area contributed by atoms with E-state index in [1.807, 2.05) is 0 Å². The van der Waals surface area contributed by atoms with E-state index in [1.165, 1.54) is 18.2 Å². The Morgan fingerprint density at radius 2 is 1.87 bits per heavy atom. The summed E-state index contributed by atoms with van der Waals surface area (Å²) in [7, 11) is -5.80. The Labute approximate surface area is 126 Å². The summed E-state index contributed by atoms with van der Waals surface area (Å²) in [6, 6.07) is 4.22. The highest BCUT2D eigenvalue weighted by Gasteiger charge is 2.51. The van der Waals surface area contributed by atoms with Crippen LogP contribution in [-0.4, -0.2) is 28.7 Å². The van der Waals surface area contributed by atoms with E-state index in [1.54, 1.807) is 0 Å². The van der Waals surface area contributed by atoms with Gasteiger partial charge in [0.2, 0.25) is 0 Å². The van der Waals surface area contributed by atoms with Gasteiger partial charge in [0.05, 0.1) is 6.04 Å². The molecule has 3 rings (SSSR count). The maximum absolute atomic E-state index is 14.0. The second-order valence-electron chi connectivity index (χ2n) is 4.89. The summed E-state index contributed by atoms with van der Waals surface area (Å²) >= 11 is 0. The predicted molar refractivity (Wildman–Crippen MR) is 66.3 cm³/mol. The Morgan fingerprint density at radius 3 is 2.48 bits per heavy atom. The Kier molecular flexibility index (Phi) is 3.43. The van der Waals surface area contributed by atoms with Gasteiger partial charge in [-0.3, -0.25) is 0 Å². The van der Waals surface area contributed by atoms with Crippen LogP contribution in [0.5, 0.6) is 0 Å². The lowest BCUT2D eigenvalue weighted by Crippen LogP contribution is -2.25. The van der Waals surface area contributed by atoms with Gasteiger partial charge in [-0.25, -0.2) is 21.9 Å². The fourth-order valence-corrected chi connectivity index (χ4v) is 3.00. The van der Waals surface area contributed by atoms with E-state index in [0.29, 0.717) is 4.68 Å². The van der Waals surface area contributed by atoms with E-state index >= 15 is 0 Å². The predicted octanol–water partition coefficient (Wildman–Crippen LogP) is 2.71. The Morgan fingerprint density at radius 1 is 1.22 bits per heavy atom. The summed E-state index contributed by atoms with van der Waals surface area (Å²) in [4.78, 5) is 3.16. The molecule has 1 aromatic carbocycles. The molecule has 0 N–H and O–H groups in total. The zero-order valence-electron chi connectivity index (χ0n) is 11.1. The van der Waals surface area contributed by atoms with Crippen LogP contribution < -0.4 is 0 Å². The van der Waals surface area contributed by atoms with Crippen LogP contribution in [0.3, 0.4) is 0 Å². The molecule has 2 aromatic rings. The number of hydrogen-bond acceptors (Lipinski definition) is 4. The lowest BCUT2D eigenvalue weighted by Gasteiger charge is -2.12. The van der Waals surface area contributed by atoms with Crippen molar-refractivity contribution in [3.8, 4) is 0 Å². The van der Waals surface area contributed by atoms with Crippen LogP contribution in [0.25, 0.3) is 0 Å². The van der Waals surface area contributed by atoms with Gasteiger partial charge in [0.15, 0.2) is 12.0 Å². The first-order valence-electron chi connectivity index (χ1n) is 6.29. The van der Waals surface area contributed by atoms with Crippen LogP contribution in [0.1, 0.15) is 30.0 Å². The molecule has 2 atom stereocenters. The summed E-state index contributed by atoms with van der Waals surface area (Å²) < 4.78 is 88.7. The molecule has 124 valence electrons.